The number of aliphatic imine (C=N–C) groups is 1. The lowest BCUT2D eigenvalue weighted by Gasteiger charge is -2.38. The Kier molecular flexibility index (Phi) is 9.67. The topological polar surface area (TPSA) is 53.7 Å². The molecule has 3 aromatic rings. The largest absolute Gasteiger partial charge is 0.358 e. The number of benzene rings is 2. The van der Waals surface area contributed by atoms with Crippen LogP contribution in [0, 0.1) is 6.92 Å². The highest BCUT2D eigenvalue weighted by atomic mass is 16.1. The summed E-state index contributed by atoms with van der Waals surface area (Å²) in [4.78, 5) is 22.3. The quantitative estimate of drug-likeness (QED) is 0.175. The molecule has 0 bridgehead atoms. The Morgan fingerprint density at radius 3 is 2.30 bits per heavy atom. The number of likely N-dealkylation sites (tertiary alicyclic amines) is 1. The van der Waals surface area contributed by atoms with E-state index in [-0.39, 0.29) is 5.78 Å². The van der Waals surface area contributed by atoms with Gasteiger partial charge in [-0.05, 0) is 55.0 Å². The maximum absolute atomic E-state index is 12.6. The zero-order chi connectivity index (χ0) is 30.2. The van der Waals surface area contributed by atoms with E-state index in [4.69, 9.17) is 10.1 Å². The number of hydrogen-bond donors (Lipinski definition) is 0. The van der Waals surface area contributed by atoms with Crippen LogP contribution in [-0.2, 0) is 6.54 Å². The number of carbonyl (C=O) groups is 1. The molecule has 2 aromatic carbocycles. The van der Waals surface area contributed by atoms with Crippen LogP contribution in [0.5, 0.6) is 0 Å². The van der Waals surface area contributed by atoms with Gasteiger partial charge in [0.15, 0.2) is 5.78 Å². The highest BCUT2D eigenvalue weighted by molar-refractivity contribution is 5.98. The molecular formula is C37H41N5O. The second-order valence-electron chi connectivity index (χ2n) is 11.2. The van der Waals surface area contributed by atoms with Crippen molar-refractivity contribution in [3.05, 3.63) is 138 Å². The zero-order valence-corrected chi connectivity index (χ0v) is 25.4. The summed E-state index contributed by atoms with van der Waals surface area (Å²) in [6, 6.07) is 21.7. The van der Waals surface area contributed by atoms with Gasteiger partial charge >= 0.3 is 0 Å². The summed E-state index contributed by atoms with van der Waals surface area (Å²) < 4.78 is 1.89. The molecule has 2 aliphatic rings. The molecule has 3 heterocycles. The molecule has 2 aliphatic heterocycles. The first kappa shape index (κ1) is 29.8. The fourth-order valence-electron chi connectivity index (χ4n) is 5.45. The Bertz CT molecular complexity index is 1580. The highest BCUT2D eigenvalue weighted by Crippen LogP contribution is 2.27. The zero-order valence-electron chi connectivity index (χ0n) is 25.4. The number of carbonyl (C=O) groups excluding carboxylic acids is 1. The molecular weight excluding hydrogens is 530 g/mol. The predicted octanol–water partition coefficient (Wildman–Crippen LogP) is 7.69. The van der Waals surface area contributed by atoms with Crippen molar-refractivity contribution in [1.29, 1.82) is 0 Å². The lowest BCUT2D eigenvalue weighted by Crippen LogP contribution is -2.38. The fourth-order valence-corrected chi connectivity index (χ4v) is 5.45. The number of rotatable bonds is 11. The standard InChI is InChI=1S/C37H41N5O/c1-28(31-16-8-5-9-17-31)15-14-20-33-27-37(41-22-12-7-13-23-41)40(4)36(38-33)25-29(2)34-26-30(3)42(39-34)24-21-35(43)32-18-10-6-11-19-32/h5-6,8-11,14-19,25-27H,1-2,7,12-13,20-24H2,3-4H3/b15-14-,36-25-. The Balaban J connectivity index is 1.33. The van der Waals surface area contributed by atoms with Gasteiger partial charge in [0.25, 0.3) is 0 Å². The number of aryl methyl sites for hydroxylation is 2. The summed E-state index contributed by atoms with van der Waals surface area (Å²) in [5, 5.41) is 4.80. The Labute approximate surface area is 255 Å². The predicted molar refractivity (Wildman–Crippen MR) is 177 cm³/mol. The van der Waals surface area contributed by atoms with E-state index in [2.05, 4.69) is 60.4 Å². The molecule has 0 amide bonds. The van der Waals surface area contributed by atoms with Gasteiger partial charge in [0.2, 0.25) is 0 Å². The first-order chi connectivity index (χ1) is 20.9. The minimum atomic E-state index is 0.113. The summed E-state index contributed by atoms with van der Waals surface area (Å²) >= 11 is 0. The van der Waals surface area contributed by atoms with Gasteiger partial charge in [-0.3, -0.25) is 9.48 Å². The molecule has 0 radical (unpaired) electrons. The molecule has 0 aliphatic carbocycles. The van der Waals surface area contributed by atoms with Crippen molar-refractivity contribution in [1.82, 2.24) is 19.6 Å². The molecule has 1 fully saturated rings. The van der Waals surface area contributed by atoms with Crippen LogP contribution in [0.25, 0.3) is 11.1 Å². The Hall–Kier alpha value is -4.71. The van der Waals surface area contributed by atoms with Gasteiger partial charge in [-0.15, -0.1) is 0 Å². The molecule has 0 atom stereocenters. The summed E-state index contributed by atoms with van der Waals surface area (Å²) in [6.45, 7) is 13.2. The van der Waals surface area contributed by atoms with Crippen molar-refractivity contribution < 1.29 is 4.79 Å². The SMILES string of the molecule is C=C(/C=C\CC1=N/C(=C/C(=C)c2cc(C)n(CCC(=O)c3ccccc3)n2)N(C)C(N2CCCCC2)=C1)c1ccccc1. The minimum absolute atomic E-state index is 0.113. The van der Waals surface area contributed by atoms with Crippen LogP contribution in [0.1, 0.15) is 59.4 Å². The van der Waals surface area contributed by atoms with E-state index in [1.165, 1.54) is 25.1 Å². The third-order valence-electron chi connectivity index (χ3n) is 7.97. The van der Waals surface area contributed by atoms with Gasteiger partial charge in [0.05, 0.1) is 11.4 Å². The molecule has 0 saturated carbocycles. The molecule has 6 nitrogen and oxygen atoms in total. The Morgan fingerprint density at radius 2 is 1.60 bits per heavy atom. The molecule has 0 unspecified atom stereocenters. The number of hydrogen-bond acceptors (Lipinski definition) is 5. The third kappa shape index (κ3) is 7.58. The molecule has 0 N–H and O–H groups in total. The van der Waals surface area contributed by atoms with E-state index in [0.29, 0.717) is 19.4 Å². The number of ketones is 1. The monoisotopic (exact) mass is 571 g/mol. The fraction of sp³-hybridized carbons (Fsp3) is 0.270. The second kappa shape index (κ2) is 14.0. The number of Topliss-reactive ketones (excluding diaryl/α,β-unsaturated/α-hetero) is 1. The van der Waals surface area contributed by atoms with E-state index in [1.54, 1.807) is 0 Å². The summed E-state index contributed by atoms with van der Waals surface area (Å²) in [6.07, 6.45) is 13.2. The maximum Gasteiger partial charge on any atom is 0.164 e. The first-order valence-electron chi connectivity index (χ1n) is 15.1. The molecule has 1 saturated heterocycles. The number of piperidine rings is 1. The second-order valence-corrected chi connectivity index (χ2v) is 11.2. The van der Waals surface area contributed by atoms with Crippen LogP contribution in [-0.4, -0.2) is 51.2 Å². The van der Waals surface area contributed by atoms with Gasteiger partial charge in [-0.1, -0.05) is 86.0 Å². The smallest absolute Gasteiger partial charge is 0.164 e. The van der Waals surface area contributed by atoms with Crippen molar-refractivity contribution >= 4 is 22.6 Å². The summed E-state index contributed by atoms with van der Waals surface area (Å²) in [5.41, 5.74) is 6.39. The van der Waals surface area contributed by atoms with Gasteiger partial charge in [-0.25, -0.2) is 4.99 Å². The number of allylic oxidation sites excluding steroid dienone is 6. The normalized spacial score (nSPS) is 16.4. The lowest BCUT2D eigenvalue weighted by atomic mass is 10.1. The van der Waals surface area contributed by atoms with E-state index in [0.717, 1.165) is 58.3 Å². The average Bonchev–Trinajstić information content (AvgIpc) is 3.42. The molecule has 0 spiro atoms. The molecule has 1 aromatic heterocycles. The van der Waals surface area contributed by atoms with Crippen LogP contribution >= 0.6 is 0 Å². The summed E-state index contributed by atoms with van der Waals surface area (Å²) in [5.74, 6) is 2.12. The van der Waals surface area contributed by atoms with Crippen molar-refractivity contribution in [2.24, 2.45) is 4.99 Å². The van der Waals surface area contributed by atoms with Crippen molar-refractivity contribution in [3.8, 4) is 0 Å². The van der Waals surface area contributed by atoms with Crippen LogP contribution in [0.3, 0.4) is 0 Å². The van der Waals surface area contributed by atoms with E-state index >= 15 is 0 Å². The summed E-state index contributed by atoms with van der Waals surface area (Å²) in [7, 11) is 2.08. The van der Waals surface area contributed by atoms with Crippen LogP contribution in [0.4, 0.5) is 0 Å². The lowest BCUT2D eigenvalue weighted by molar-refractivity contribution is 0.0975. The average molecular weight is 572 g/mol. The van der Waals surface area contributed by atoms with E-state index < -0.39 is 0 Å². The minimum Gasteiger partial charge on any atom is -0.358 e. The van der Waals surface area contributed by atoms with Crippen LogP contribution < -0.4 is 0 Å². The van der Waals surface area contributed by atoms with Gasteiger partial charge in [0, 0.05) is 56.9 Å². The van der Waals surface area contributed by atoms with E-state index in [9.17, 15) is 4.79 Å². The first-order valence-corrected chi connectivity index (χ1v) is 15.1. The highest BCUT2D eigenvalue weighted by Gasteiger charge is 2.23. The molecule has 220 valence electrons. The number of nitrogens with zero attached hydrogens (tertiary/aromatic N) is 5. The molecule has 6 heteroatoms. The Morgan fingerprint density at radius 1 is 0.930 bits per heavy atom. The van der Waals surface area contributed by atoms with Gasteiger partial charge in [-0.2, -0.15) is 5.10 Å². The van der Waals surface area contributed by atoms with Crippen molar-refractivity contribution in [2.75, 3.05) is 20.1 Å². The molecule has 5 rings (SSSR count). The number of aromatic nitrogens is 2. The third-order valence-corrected chi connectivity index (χ3v) is 7.97. The van der Waals surface area contributed by atoms with Crippen molar-refractivity contribution in [2.45, 2.75) is 45.6 Å². The van der Waals surface area contributed by atoms with Crippen LogP contribution in [0.15, 0.2) is 121 Å². The van der Waals surface area contributed by atoms with Crippen molar-refractivity contribution in [3.63, 3.8) is 0 Å². The molecule has 43 heavy (non-hydrogen) atoms. The van der Waals surface area contributed by atoms with Gasteiger partial charge < -0.3 is 9.80 Å². The maximum atomic E-state index is 12.6. The van der Waals surface area contributed by atoms with Gasteiger partial charge in [0.1, 0.15) is 11.6 Å². The van der Waals surface area contributed by atoms with Crippen LogP contribution in [0.2, 0.25) is 0 Å². The van der Waals surface area contributed by atoms with E-state index in [1.807, 2.05) is 72.3 Å².